The topological polar surface area (TPSA) is 68.5 Å². The van der Waals surface area contributed by atoms with Gasteiger partial charge in [-0.05, 0) is 48.0 Å². The SMILES string of the molecule is COc1cc(CNc2ccc3c(c2)ncn3-c2ccccc2)ccc1OCCO. The lowest BCUT2D eigenvalue weighted by Gasteiger charge is -2.12. The van der Waals surface area contributed by atoms with Crippen LogP contribution in [0.1, 0.15) is 5.56 Å². The number of nitrogens with one attached hydrogen (secondary N) is 1. The number of aromatic nitrogens is 2. The van der Waals surface area contributed by atoms with Gasteiger partial charge in [-0.15, -0.1) is 0 Å². The van der Waals surface area contributed by atoms with Crippen molar-refractivity contribution in [3.05, 3.63) is 78.6 Å². The molecule has 2 N–H and O–H groups in total. The molecule has 6 heteroatoms. The van der Waals surface area contributed by atoms with Gasteiger partial charge in [-0.2, -0.15) is 0 Å². The Morgan fingerprint density at radius 1 is 1.00 bits per heavy atom. The Balaban J connectivity index is 1.49. The molecule has 0 saturated carbocycles. The molecule has 3 aromatic carbocycles. The Kier molecular flexibility index (Phi) is 5.63. The van der Waals surface area contributed by atoms with Crippen LogP contribution in [0, 0.1) is 0 Å². The number of para-hydroxylation sites is 1. The van der Waals surface area contributed by atoms with Gasteiger partial charge in [0.1, 0.15) is 12.9 Å². The number of imidazole rings is 1. The molecule has 1 aromatic heterocycles. The van der Waals surface area contributed by atoms with Crippen LogP contribution < -0.4 is 14.8 Å². The fourth-order valence-corrected chi connectivity index (χ4v) is 3.22. The average Bonchev–Trinajstić information content (AvgIpc) is 3.20. The third kappa shape index (κ3) is 4.17. The third-order valence-electron chi connectivity index (χ3n) is 4.66. The van der Waals surface area contributed by atoms with E-state index in [4.69, 9.17) is 14.6 Å². The molecule has 0 aliphatic heterocycles. The van der Waals surface area contributed by atoms with Gasteiger partial charge in [0.25, 0.3) is 0 Å². The van der Waals surface area contributed by atoms with E-state index in [0.29, 0.717) is 18.0 Å². The lowest BCUT2D eigenvalue weighted by molar-refractivity contribution is 0.196. The molecule has 0 aliphatic carbocycles. The highest BCUT2D eigenvalue weighted by molar-refractivity contribution is 5.81. The van der Waals surface area contributed by atoms with Gasteiger partial charge in [0.2, 0.25) is 0 Å². The zero-order valence-corrected chi connectivity index (χ0v) is 16.2. The van der Waals surface area contributed by atoms with E-state index in [2.05, 4.69) is 39.1 Å². The van der Waals surface area contributed by atoms with Gasteiger partial charge in [-0.3, -0.25) is 4.57 Å². The zero-order valence-electron chi connectivity index (χ0n) is 16.2. The number of fused-ring (bicyclic) bond motifs is 1. The van der Waals surface area contributed by atoms with Crippen LogP contribution in [-0.2, 0) is 6.54 Å². The van der Waals surface area contributed by atoms with E-state index >= 15 is 0 Å². The number of nitrogens with zero attached hydrogens (tertiary/aromatic N) is 2. The lowest BCUT2D eigenvalue weighted by Crippen LogP contribution is -2.04. The van der Waals surface area contributed by atoms with Crippen LogP contribution in [0.25, 0.3) is 16.7 Å². The lowest BCUT2D eigenvalue weighted by atomic mass is 10.2. The van der Waals surface area contributed by atoms with Crippen LogP contribution in [0.15, 0.2) is 73.1 Å². The van der Waals surface area contributed by atoms with Gasteiger partial charge >= 0.3 is 0 Å². The number of methoxy groups -OCH3 is 1. The second-order valence-corrected chi connectivity index (χ2v) is 6.56. The normalized spacial score (nSPS) is 10.8. The molecule has 0 atom stereocenters. The minimum absolute atomic E-state index is 0.0328. The van der Waals surface area contributed by atoms with Crippen molar-refractivity contribution in [1.82, 2.24) is 9.55 Å². The van der Waals surface area contributed by atoms with E-state index in [1.165, 1.54) is 0 Å². The first-order valence-electron chi connectivity index (χ1n) is 9.45. The maximum absolute atomic E-state index is 8.92. The predicted octanol–water partition coefficient (Wildman–Crippen LogP) is 4.02. The van der Waals surface area contributed by atoms with Gasteiger partial charge < -0.3 is 19.9 Å². The van der Waals surface area contributed by atoms with Crippen molar-refractivity contribution in [2.24, 2.45) is 0 Å². The van der Waals surface area contributed by atoms with Crippen molar-refractivity contribution >= 4 is 16.7 Å². The third-order valence-corrected chi connectivity index (χ3v) is 4.66. The molecule has 29 heavy (non-hydrogen) atoms. The Bertz CT molecular complexity index is 1090. The minimum atomic E-state index is -0.0328. The molecule has 0 unspecified atom stereocenters. The van der Waals surface area contributed by atoms with Gasteiger partial charge in [-0.25, -0.2) is 4.98 Å². The first-order chi connectivity index (χ1) is 14.3. The molecule has 0 fully saturated rings. The van der Waals surface area contributed by atoms with Crippen LogP contribution in [0.3, 0.4) is 0 Å². The monoisotopic (exact) mass is 389 g/mol. The quantitative estimate of drug-likeness (QED) is 0.476. The van der Waals surface area contributed by atoms with Gasteiger partial charge in [0, 0.05) is 17.9 Å². The molecule has 0 spiro atoms. The summed E-state index contributed by atoms with van der Waals surface area (Å²) in [5.74, 6) is 1.27. The zero-order chi connectivity index (χ0) is 20.1. The highest BCUT2D eigenvalue weighted by atomic mass is 16.5. The number of aliphatic hydroxyl groups excluding tert-OH is 1. The molecule has 0 bridgehead atoms. The molecular formula is C23H23N3O3. The number of hydrogen-bond donors (Lipinski definition) is 2. The van der Waals surface area contributed by atoms with Crippen LogP contribution in [-0.4, -0.2) is 35.0 Å². The molecule has 6 nitrogen and oxygen atoms in total. The smallest absolute Gasteiger partial charge is 0.161 e. The van der Waals surface area contributed by atoms with Crippen molar-refractivity contribution in [3.8, 4) is 17.2 Å². The molecule has 0 saturated heterocycles. The maximum atomic E-state index is 8.92. The summed E-state index contributed by atoms with van der Waals surface area (Å²) in [6.45, 7) is 0.847. The summed E-state index contributed by atoms with van der Waals surface area (Å²) in [4.78, 5) is 4.54. The Labute approximate surface area is 169 Å². The number of benzene rings is 3. The summed E-state index contributed by atoms with van der Waals surface area (Å²) in [5.41, 5.74) is 5.15. The number of ether oxygens (including phenoxy) is 2. The van der Waals surface area contributed by atoms with Crippen molar-refractivity contribution < 1.29 is 14.6 Å². The van der Waals surface area contributed by atoms with Crippen LogP contribution >= 0.6 is 0 Å². The van der Waals surface area contributed by atoms with E-state index in [-0.39, 0.29) is 13.2 Å². The largest absolute Gasteiger partial charge is 0.493 e. The molecule has 0 radical (unpaired) electrons. The maximum Gasteiger partial charge on any atom is 0.161 e. The molecule has 0 amide bonds. The fraction of sp³-hybridized carbons (Fsp3) is 0.174. The highest BCUT2D eigenvalue weighted by Crippen LogP contribution is 2.28. The Hall–Kier alpha value is -3.51. The molecular weight excluding hydrogens is 366 g/mol. The summed E-state index contributed by atoms with van der Waals surface area (Å²) >= 11 is 0. The standard InChI is InChI=1S/C23H23N3O3/c1-28-23-13-17(7-10-22(23)29-12-11-27)15-24-18-8-9-21-20(14-18)25-16-26(21)19-5-3-2-4-6-19/h2-10,13-14,16,24,27H,11-12,15H2,1H3. The van der Waals surface area contributed by atoms with Crippen LogP contribution in [0.5, 0.6) is 11.5 Å². The van der Waals surface area contributed by atoms with Gasteiger partial charge in [0.05, 0.1) is 24.8 Å². The first kappa shape index (κ1) is 18.8. The number of hydrogen-bond acceptors (Lipinski definition) is 5. The van der Waals surface area contributed by atoms with E-state index in [1.807, 2.05) is 48.8 Å². The predicted molar refractivity (Wildman–Crippen MR) is 114 cm³/mol. The summed E-state index contributed by atoms with van der Waals surface area (Å²) in [7, 11) is 1.61. The Morgan fingerprint density at radius 2 is 1.86 bits per heavy atom. The van der Waals surface area contributed by atoms with Crippen molar-refractivity contribution in [2.45, 2.75) is 6.54 Å². The van der Waals surface area contributed by atoms with Crippen LogP contribution in [0.4, 0.5) is 5.69 Å². The van der Waals surface area contributed by atoms with Crippen molar-refractivity contribution in [1.29, 1.82) is 0 Å². The van der Waals surface area contributed by atoms with Gasteiger partial charge in [-0.1, -0.05) is 24.3 Å². The minimum Gasteiger partial charge on any atom is -0.493 e. The second-order valence-electron chi connectivity index (χ2n) is 6.56. The summed E-state index contributed by atoms with van der Waals surface area (Å²) in [6, 6.07) is 22.1. The van der Waals surface area contributed by atoms with E-state index in [0.717, 1.165) is 28.0 Å². The van der Waals surface area contributed by atoms with E-state index < -0.39 is 0 Å². The van der Waals surface area contributed by atoms with E-state index in [9.17, 15) is 0 Å². The molecule has 4 aromatic rings. The number of anilines is 1. The summed E-state index contributed by atoms with van der Waals surface area (Å²) in [6.07, 6.45) is 1.85. The van der Waals surface area contributed by atoms with Crippen molar-refractivity contribution in [2.75, 3.05) is 25.6 Å². The summed E-state index contributed by atoms with van der Waals surface area (Å²) in [5, 5.41) is 12.3. The second kappa shape index (κ2) is 8.67. The van der Waals surface area contributed by atoms with Crippen LogP contribution in [0.2, 0.25) is 0 Å². The Morgan fingerprint density at radius 3 is 2.66 bits per heavy atom. The number of rotatable bonds is 8. The fourth-order valence-electron chi connectivity index (χ4n) is 3.22. The average molecular weight is 389 g/mol. The molecule has 4 rings (SSSR count). The molecule has 1 heterocycles. The number of aliphatic hydroxyl groups is 1. The first-order valence-corrected chi connectivity index (χ1v) is 9.45. The summed E-state index contributed by atoms with van der Waals surface area (Å²) < 4.78 is 12.9. The molecule has 148 valence electrons. The van der Waals surface area contributed by atoms with Gasteiger partial charge in [0.15, 0.2) is 11.5 Å². The molecule has 0 aliphatic rings. The highest BCUT2D eigenvalue weighted by Gasteiger charge is 2.08. The van der Waals surface area contributed by atoms with E-state index in [1.54, 1.807) is 7.11 Å². The van der Waals surface area contributed by atoms with Crippen molar-refractivity contribution in [3.63, 3.8) is 0 Å².